The molecule has 3 heterocycles. The van der Waals surface area contributed by atoms with E-state index in [1.165, 1.54) is 0 Å². The minimum absolute atomic E-state index is 0.512. The molecule has 0 saturated carbocycles. The van der Waals surface area contributed by atoms with E-state index in [1.807, 2.05) is 13.0 Å². The number of piperazine rings is 1. The lowest BCUT2D eigenvalue weighted by Crippen LogP contribution is -2.51. The van der Waals surface area contributed by atoms with Gasteiger partial charge in [-0.15, -0.1) is 0 Å². The van der Waals surface area contributed by atoms with Crippen LogP contribution >= 0.6 is 15.9 Å². The molecule has 17 heavy (non-hydrogen) atoms. The Balaban J connectivity index is 2.05. The maximum Gasteiger partial charge on any atom is 0.172 e. The molecule has 0 radical (unpaired) electrons. The average molecular weight is 298 g/mol. The maximum atomic E-state index is 5.81. The smallest absolute Gasteiger partial charge is 0.172 e. The highest BCUT2D eigenvalue weighted by molar-refractivity contribution is 9.10. The molecule has 2 aliphatic rings. The van der Waals surface area contributed by atoms with Crippen LogP contribution in [0.25, 0.3) is 0 Å². The van der Waals surface area contributed by atoms with Gasteiger partial charge in [0.25, 0.3) is 0 Å². The van der Waals surface area contributed by atoms with Crippen molar-refractivity contribution < 1.29 is 4.74 Å². The number of fused-ring (bicyclic) bond motifs is 3. The van der Waals surface area contributed by atoms with Gasteiger partial charge in [-0.2, -0.15) is 0 Å². The molecule has 1 fully saturated rings. The van der Waals surface area contributed by atoms with Crippen molar-refractivity contribution in [2.75, 3.05) is 31.1 Å². The molecule has 4 nitrogen and oxygen atoms in total. The molecule has 2 aliphatic heterocycles. The number of rotatable bonds is 0. The van der Waals surface area contributed by atoms with Gasteiger partial charge in [-0.25, -0.2) is 4.98 Å². The quantitative estimate of drug-likeness (QED) is 0.791. The fourth-order valence-corrected chi connectivity index (χ4v) is 2.76. The number of pyridine rings is 1. The van der Waals surface area contributed by atoms with Gasteiger partial charge in [-0.3, -0.25) is 0 Å². The second kappa shape index (κ2) is 4.46. The first-order valence-electron chi connectivity index (χ1n) is 6.03. The number of hydrogen-bond donors (Lipinski definition) is 1. The Morgan fingerprint density at radius 1 is 1.59 bits per heavy atom. The summed E-state index contributed by atoms with van der Waals surface area (Å²) in [6.07, 6.45) is 1.06. The number of nitrogens with one attached hydrogen (secondary N) is 1. The van der Waals surface area contributed by atoms with E-state index in [4.69, 9.17) is 4.74 Å². The molecule has 0 amide bonds. The van der Waals surface area contributed by atoms with Crippen LogP contribution in [0.1, 0.15) is 12.1 Å². The molecule has 1 atom stereocenters. The van der Waals surface area contributed by atoms with Crippen LogP contribution in [0.15, 0.2) is 10.5 Å². The summed E-state index contributed by atoms with van der Waals surface area (Å²) in [6.45, 7) is 5.85. The number of anilines is 1. The van der Waals surface area contributed by atoms with Crippen molar-refractivity contribution in [2.24, 2.45) is 0 Å². The van der Waals surface area contributed by atoms with Crippen LogP contribution in [0.5, 0.6) is 5.75 Å². The van der Waals surface area contributed by atoms with Crippen LogP contribution in [0.3, 0.4) is 0 Å². The highest BCUT2D eigenvalue weighted by atomic mass is 79.9. The number of ether oxygens (including phenoxy) is 1. The second-order valence-electron chi connectivity index (χ2n) is 4.57. The minimum Gasteiger partial charge on any atom is -0.490 e. The zero-order valence-corrected chi connectivity index (χ0v) is 11.5. The van der Waals surface area contributed by atoms with E-state index in [1.54, 1.807) is 0 Å². The van der Waals surface area contributed by atoms with Crippen molar-refractivity contribution in [2.45, 2.75) is 19.4 Å². The second-order valence-corrected chi connectivity index (χ2v) is 5.42. The first-order valence-corrected chi connectivity index (χ1v) is 6.82. The monoisotopic (exact) mass is 297 g/mol. The minimum atomic E-state index is 0.512. The lowest BCUT2D eigenvalue weighted by Gasteiger charge is -2.35. The van der Waals surface area contributed by atoms with Gasteiger partial charge in [0.05, 0.1) is 12.3 Å². The number of aryl methyl sites for hydroxylation is 1. The molecular weight excluding hydrogens is 282 g/mol. The van der Waals surface area contributed by atoms with Crippen LogP contribution < -0.4 is 15.0 Å². The van der Waals surface area contributed by atoms with Gasteiger partial charge in [-0.05, 0) is 22.9 Å². The summed E-state index contributed by atoms with van der Waals surface area (Å²) in [5.74, 6) is 1.92. The van der Waals surface area contributed by atoms with Gasteiger partial charge in [0.15, 0.2) is 11.6 Å². The molecular formula is C12H16BrN3O. The molecule has 1 aromatic rings. The molecule has 0 aliphatic carbocycles. The molecule has 3 rings (SSSR count). The molecule has 5 heteroatoms. The highest BCUT2D eigenvalue weighted by Gasteiger charge is 2.29. The molecule has 0 spiro atoms. The Bertz CT molecular complexity index is 438. The molecule has 0 bridgehead atoms. The van der Waals surface area contributed by atoms with E-state index >= 15 is 0 Å². The number of nitrogens with zero attached hydrogens (tertiary/aromatic N) is 2. The molecule has 92 valence electrons. The van der Waals surface area contributed by atoms with Gasteiger partial charge < -0.3 is 15.0 Å². The van der Waals surface area contributed by atoms with Crippen molar-refractivity contribution in [3.8, 4) is 5.75 Å². The Morgan fingerprint density at radius 2 is 2.47 bits per heavy atom. The summed E-state index contributed by atoms with van der Waals surface area (Å²) in [4.78, 5) is 7.07. The van der Waals surface area contributed by atoms with Crippen LogP contribution in [0, 0.1) is 6.92 Å². The standard InChI is InChI=1S/C12H16BrN3O/c1-8-10(13)6-11-12(15-8)16-4-3-14-7-9(16)2-5-17-11/h6,9,14H,2-5,7H2,1H3/t9-/m0/s1. The Hall–Kier alpha value is -0.810. The highest BCUT2D eigenvalue weighted by Crippen LogP contribution is 2.35. The summed E-state index contributed by atoms with van der Waals surface area (Å²) in [7, 11) is 0. The number of aromatic nitrogens is 1. The van der Waals surface area contributed by atoms with E-state index in [-0.39, 0.29) is 0 Å². The third-order valence-electron chi connectivity index (χ3n) is 3.43. The summed E-state index contributed by atoms with van der Waals surface area (Å²) in [5, 5.41) is 3.43. The SMILES string of the molecule is Cc1nc2c(cc1Br)OCC[C@H]1CNCCN21. The predicted octanol–water partition coefficient (Wildman–Crippen LogP) is 1.71. The average Bonchev–Trinajstić information content (AvgIpc) is 2.50. The first-order chi connectivity index (χ1) is 8.25. The summed E-state index contributed by atoms with van der Waals surface area (Å²) < 4.78 is 6.83. The zero-order valence-electron chi connectivity index (χ0n) is 9.87. The van der Waals surface area contributed by atoms with Crippen molar-refractivity contribution in [3.63, 3.8) is 0 Å². The largest absolute Gasteiger partial charge is 0.490 e. The van der Waals surface area contributed by atoms with Gasteiger partial charge in [0.1, 0.15) is 0 Å². The molecule has 1 aromatic heterocycles. The third kappa shape index (κ3) is 2.02. The predicted molar refractivity (Wildman–Crippen MR) is 70.8 cm³/mol. The van der Waals surface area contributed by atoms with Crippen molar-refractivity contribution in [1.29, 1.82) is 0 Å². The summed E-state index contributed by atoms with van der Waals surface area (Å²) in [6, 6.07) is 2.56. The number of hydrogen-bond acceptors (Lipinski definition) is 4. The van der Waals surface area contributed by atoms with Gasteiger partial charge in [0, 0.05) is 42.6 Å². The molecule has 1 N–H and O–H groups in total. The lowest BCUT2D eigenvalue weighted by atomic mass is 10.1. The third-order valence-corrected chi connectivity index (χ3v) is 4.23. The summed E-state index contributed by atoms with van der Waals surface area (Å²) in [5.41, 5.74) is 1.02. The molecule has 1 saturated heterocycles. The Morgan fingerprint density at radius 3 is 3.35 bits per heavy atom. The van der Waals surface area contributed by atoms with E-state index in [0.29, 0.717) is 6.04 Å². The van der Waals surface area contributed by atoms with Crippen LogP contribution in [0.4, 0.5) is 5.82 Å². The van der Waals surface area contributed by atoms with Crippen LogP contribution in [-0.2, 0) is 0 Å². The fraction of sp³-hybridized carbons (Fsp3) is 0.583. The molecule has 0 aromatic carbocycles. The lowest BCUT2D eigenvalue weighted by molar-refractivity contribution is 0.303. The zero-order chi connectivity index (χ0) is 11.8. The van der Waals surface area contributed by atoms with Crippen molar-refractivity contribution in [3.05, 3.63) is 16.2 Å². The van der Waals surface area contributed by atoms with E-state index < -0.39 is 0 Å². The van der Waals surface area contributed by atoms with Crippen molar-refractivity contribution >= 4 is 21.7 Å². The van der Waals surface area contributed by atoms with Gasteiger partial charge in [-0.1, -0.05) is 0 Å². The van der Waals surface area contributed by atoms with Crippen LogP contribution in [0.2, 0.25) is 0 Å². The summed E-state index contributed by atoms with van der Waals surface area (Å²) >= 11 is 3.51. The van der Waals surface area contributed by atoms with E-state index in [0.717, 1.165) is 54.4 Å². The van der Waals surface area contributed by atoms with Gasteiger partial charge >= 0.3 is 0 Å². The van der Waals surface area contributed by atoms with Crippen LogP contribution in [-0.4, -0.2) is 37.3 Å². The van der Waals surface area contributed by atoms with Crippen molar-refractivity contribution in [1.82, 2.24) is 10.3 Å². The molecule has 0 unspecified atom stereocenters. The van der Waals surface area contributed by atoms with Gasteiger partial charge in [0.2, 0.25) is 0 Å². The number of halogens is 1. The first kappa shape index (κ1) is 11.3. The normalized spacial score (nSPS) is 23.4. The Labute approximate surface area is 109 Å². The van der Waals surface area contributed by atoms with E-state index in [9.17, 15) is 0 Å². The maximum absolute atomic E-state index is 5.81. The fourth-order valence-electron chi connectivity index (χ4n) is 2.47. The van der Waals surface area contributed by atoms with E-state index in [2.05, 4.69) is 31.1 Å². The topological polar surface area (TPSA) is 37.4 Å². The Kier molecular flexibility index (Phi) is 2.96.